The third-order valence-corrected chi connectivity index (χ3v) is 4.29. The molecule has 1 atom stereocenters. The highest BCUT2D eigenvalue weighted by molar-refractivity contribution is 5.99. The quantitative estimate of drug-likeness (QED) is 0.287. The van der Waals surface area contributed by atoms with Gasteiger partial charge in [-0.15, -0.1) is 0 Å². The third-order valence-electron chi connectivity index (χ3n) is 4.29. The minimum atomic E-state index is -0.574. The number of amides is 1. The fourth-order valence-corrected chi connectivity index (χ4v) is 2.84. The number of carbonyl (C=O) groups excluding carboxylic acids is 3. The smallest absolute Gasteiger partial charge is 0.328 e. The van der Waals surface area contributed by atoms with Crippen molar-refractivity contribution in [2.75, 3.05) is 13.2 Å². The van der Waals surface area contributed by atoms with Gasteiger partial charge in [-0.3, -0.25) is 9.59 Å². The summed E-state index contributed by atoms with van der Waals surface area (Å²) in [6.45, 7) is 1.13. The molecule has 0 spiro atoms. The molecule has 1 aliphatic rings. The average molecular weight is 340 g/mol. The Hall–Kier alpha value is -1.43. The third kappa shape index (κ3) is 9.65. The predicted molar refractivity (Wildman–Crippen MR) is 92.4 cm³/mol. The summed E-state index contributed by atoms with van der Waals surface area (Å²) in [6.07, 6.45) is 11.2. The molecule has 0 aromatic rings. The Morgan fingerprint density at radius 1 is 1.00 bits per heavy atom. The van der Waals surface area contributed by atoms with Gasteiger partial charge in [-0.2, -0.15) is 0 Å². The van der Waals surface area contributed by atoms with Crippen LogP contribution >= 0.6 is 0 Å². The molecule has 1 heterocycles. The second-order valence-electron chi connectivity index (χ2n) is 6.51. The largest absolute Gasteiger partial charge is 0.464 e. The van der Waals surface area contributed by atoms with Crippen molar-refractivity contribution < 1.29 is 19.1 Å². The van der Waals surface area contributed by atoms with Gasteiger partial charge in [-0.1, -0.05) is 44.9 Å². The highest BCUT2D eigenvalue weighted by Gasteiger charge is 2.28. The molecule has 24 heavy (non-hydrogen) atoms. The number of esters is 1. The molecule has 1 aliphatic heterocycles. The van der Waals surface area contributed by atoms with Crippen LogP contribution in [0.1, 0.15) is 77.0 Å². The molecule has 3 N–H and O–H groups in total. The number of cyclic esters (lactones) is 1. The van der Waals surface area contributed by atoms with Gasteiger partial charge in [0.15, 0.2) is 0 Å². The Kier molecular flexibility index (Phi) is 11.1. The molecule has 0 radical (unpaired) electrons. The Balaban J connectivity index is 1.92. The van der Waals surface area contributed by atoms with Gasteiger partial charge in [0.25, 0.3) is 0 Å². The number of carbonyl (C=O) groups is 3. The van der Waals surface area contributed by atoms with Crippen molar-refractivity contribution in [1.29, 1.82) is 0 Å². The van der Waals surface area contributed by atoms with Crippen LogP contribution in [0, 0.1) is 0 Å². The SMILES string of the molecule is NCCCCCCCCCCCC(=O)CC(=O)N[C@H]1CCOC1=O. The van der Waals surface area contributed by atoms with E-state index in [1.54, 1.807) is 0 Å². The maximum atomic E-state index is 11.8. The number of nitrogens with one attached hydrogen (secondary N) is 1. The Labute approximate surface area is 144 Å². The zero-order chi connectivity index (χ0) is 17.6. The van der Waals surface area contributed by atoms with Gasteiger partial charge >= 0.3 is 5.97 Å². The molecule has 0 saturated carbocycles. The number of hydrogen-bond acceptors (Lipinski definition) is 5. The van der Waals surface area contributed by atoms with Gasteiger partial charge < -0.3 is 15.8 Å². The minimum absolute atomic E-state index is 0.0550. The molecular weight excluding hydrogens is 308 g/mol. The zero-order valence-corrected chi connectivity index (χ0v) is 14.7. The van der Waals surface area contributed by atoms with E-state index in [9.17, 15) is 14.4 Å². The number of hydrogen-bond donors (Lipinski definition) is 2. The van der Waals surface area contributed by atoms with E-state index in [1.807, 2.05) is 0 Å². The summed E-state index contributed by atoms with van der Waals surface area (Å²) in [5.74, 6) is -0.833. The second-order valence-corrected chi connectivity index (χ2v) is 6.51. The standard InChI is InChI=1S/C18H32N2O4/c19-12-9-7-5-3-1-2-4-6-8-10-15(21)14-17(22)20-16-11-13-24-18(16)23/h16H,1-14,19H2,(H,20,22)/t16-/m0/s1. The molecular formula is C18H32N2O4. The molecule has 0 aromatic heterocycles. The van der Waals surface area contributed by atoms with Crippen LogP contribution in [0.4, 0.5) is 0 Å². The molecule has 0 aromatic carbocycles. The van der Waals surface area contributed by atoms with Crippen molar-refractivity contribution >= 4 is 17.7 Å². The van der Waals surface area contributed by atoms with Crippen molar-refractivity contribution in [2.24, 2.45) is 5.73 Å². The number of rotatable bonds is 14. The molecule has 1 saturated heterocycles. The fourth-order valence-electron chi connectivity index (χ4n) is 2.84. The lowest BCUT2D eigenvalue weighted by atomic mass is 10.0. The Morgan fingerprint density at radius 2 is 1.58 bits per heavy atom. The lowest BCUT2D eigenvalue weighted by Gasteiger charge is -2.08. The molecule has 0 unspecified atom stereocenters. The molecule has 6 nitrogen and oxygen atoms in total. The van der Waals surface area contributed by atoms with E-state index < -0.39 is 12.0 Å². The van der Waals surface area contributed by atoms with E-state index in [0.717, 1.165) is 32.2 Å². The molecule has 0 bridgehead atoms. The molecule has 1 amide bonds. The first-order valence-corrected chi connectivity index (χ1v) is 9.31. The van der Waals surface area contributed by atoms with Crippen LogP contribution in [-0.4, -0.2) is 36.9 Å². The van der Waals surface area contributed by atoms with Gasteiger partial charge in [0.1, 0.15) is 11.8 Å². The van der Waals surface area contributed by atoms with Crippen molar-refractivity contribution in [1.82, 2.24) is 5.32 Å². The number of ketones is 1. The van der Waals surface area contributed by atoms with E-state index in [1.165, 1.54) is 32.1 Å². The van der Waals surface area contributed by atoms with Crippen LogP contribution < -0.4 is 11.1 Å². The second kappa shape index (κ2) is 12.9. The number of nitrogens with two attached hydrogens (primary N) is 1. The summed E-state index contributed by atoms with van der Waals surface area (Å²) in [5, 5.41) is 2.56. The summed E-state index contributed by atoms with van der Waals surface area (Å²) >= 11 is 0. The van der Waals surface area contributed by atoms with Gasteiger partial charge in [0.05, 0.1) is 13.0 Å². The van der Waals surface area contributed by atoms with Gasteiger partial charge in [0, 0.05) is 12.8 Å². The molecule has 6 heteroatoms. The summed E-state index contributed by atoms with van der Waals surface area (Å²) in [5.41, 5.74) is 5.45. The topological polar surface area (TPSA) is 98.5 Å². The highest BCUT2D eigenvalue weighted by Crippen LogP contribution is 2.11. The molecule has 138 valence electrons. The number of unbranched alkanes of at least 4 members (excludes halogenated alkanes) is 8. The monoisotopic (exact) mass is 340 g/mol. The van der Waals surface area contributed by atoms with E-state index in [2.05, 4.69) is 5.32 Å². The van der Waals surface area contributed by atoms with Crippen LogP contribution in [0.3, 0.4) is 0 Å². The number of ether oxygens (including phenoxy) is 1. The van der Waals surface area contributed by atoms with Gasteiger partial charge in [-0.05, 0) is 19.4 Å². The molecule has 1 rings (SSSR count). The van der Waals surface area contributed by atoms with E-state index in [-0.39, 0.29) is 18.1 Å². The normalized spacial score (nSPS) is 16.9. The Bertz CT molecular complexity index is 398. The summed E-state index contributed by atoms with van der Waals surface area (Å²) in [6, 6.07) is -0.574. The molecule has 0 aliphatic carbocycles. The minimum Gasteiger partial charge on any atom is -0.464 e. The van der Waals surface area contributed by atoms with E-state index >= 15 is 0 Å². The lowest BCUT2D eigenvalue weighted by Crippen LogP contribution is -2.38. The maximum Gasteiger partial charge on any atom is 0.328 e. The van der Waals surface area contributed by atoms with Crippen LogP contribution in [0.25, 0.3) is 0 Å². The van der Waals surface area contributed by atoms with Crippen LogP contribution in [-0.2, 0) is 19.1 Å². The van der Waals surface area contributed by atoms with Crippen molar-refractivity contribution in [3.8, 4) is 0 Å². The molecule has 1 fully saturated rings. The van der Waals surface area contributed by atoms with Gasteiger partial charge in [0.2, 0.25) is 5.91 Å². The van der Waals surface area contributed by atoms with Crippen LogP contribution in [0.2, 0.25) is 0 Å². The first-order chi connectivity index (χ1) is 11.6. The summed E-state index contributed by atoms with van der Waals surface area (Å²) < 4.78 is 4.77. The first kappa shape index (κ1) is 20.6. The number of Topliss-reactive ketones (excluding diaryl/α,β-unsaturated/α-hetero) is 1. The highest BCUT2D eigenvalue weighted by atomic mass is 16.5. The maximum absolute atomic E-state index is 11.8. The zero-order valence-electron chi connectivity index (χ0n) is 14.7. The van der Waals surface area contributed by atoms with E-state index in [0.29, 0.717) is 19.4 Å². The van der Waals surface area contributed by atoms with Crippen molar-refractivity contribution in [2.45, 2.75) is 83.1 Å². The lowest BCUT2D eigenvalue weighted by molar-refractivity contribution is -0.142. The predicted octanol–water partition coefficient (Wildman–Crippen LogP) is 2.24. The Morgan fingerprint density at radius 3 is 2.12 bits per heavy atom. The first-order valence-electron chi connectivity index (χ1n) is 9.31. The van der Waals surface area contributed by atoms with Gasteiger partial charge in [-0.25, -0.2) is 4.79 Å². The summed E-state index contributed by atoms with van der Waals surface area (Å²) in [7, 11) is 0. The average Bonchev–Trinajstić information content (AvgIpc) is 2.94. The van der Waals surface area contributed by atoms with Crippen molar-refractivity contribution in [3.63, 3.8) is 0 Å². The van der Waals surface area contributed by atoms with Crippen molar-refractivity contribution in [3.05, 3.63) is 0 Å². The summed E-state index contributed by atoms with van der Waals surface area (Å²) in [4.78, 5) is 34.7. The fraction of sp³-hybridized carbons (Fsp3) is 0.833. The van der Waals surface area contributed by atoms with Crippen LogP contribution in [0.15, 0.2) is 0 Å². The van der Waals surface area contributed by atoms with Crippen LogP contribution in [0.5, 0.6) is 0 Å². The van der Waals surface area contributed by atoms with E-state index in [4.69, 9.17) is 10.5 Å².